The fourth-order valence-corrected chi connectivity index (χ4v) is 1.34. The highest BCUT2D eigenvalue weighted by Crippen LogP contribution is 2.26. The van der Waals surface area contributed by atoms with E-state index in [-0.39, 0.29) is 18.3 Å². The zero-order valence-corrected chi connectivity index (χ0v) is 10.4. The lowest BCUT2D eigenvalue weighted by atomic mass is 10.2. The Morgan fingerprint density at radius 3 is 1.95 bits per heavy atom. The van der Waals surface area contributed by atoms with E-state index in [2.05, 4.69) is 22.3 Å². The first-order chi connectivity index (χ1) is 8.90. The molecule has 2 N–H and O–H groups in total. The zero-order chi connectivity index (χ0) is 14.6. The molecule has 106 valence electrons. The number of halogens is 5. The molecular weight excluding hydrogens is 291 g/mol. The van der Waals surface area contributed by atoms with Gasteiger partial charge in [-0.2, -0.15) is 0 Å². The molecule has 0 bridgehead atoms. The number of nitrogens with one attached hydrogen (secondary N) is 2. The lowest BCUT2D eigenvalue weighted by Crippen LogP contribution is -2.32. The van der Waals surface area contributed by atoms with Gasteiger partial charge in [0.1, 0.15) is 5.69 Å². The van der Waals surface area contributed by atoms with Crippen LogP contribution >= 0.6 is 12.2 Å². The molecule has 0 aliphatic rings. The van der Waals surface area contributed by atoms with Crippen molar-refractivity contribution in [1.82, 2.24) is 5.32 Å². The molecule has 0 aliphatic heterocycles. The van der Waals surface area contributed by atoms with Crippen LogP contribution in [0.15, 0.2) is 0 Å². The molecule has 19 heavy (non-hydrogen) atoms. The topological polar surface area (TPSA) is 33.3 Å². The van der Waals surface area contributed by atoms with Crippen molar-refractivity contribution >= 4 is 23.0 Å². The van der Waals surface area contributed by atoms with Crippen molar-refractivity contribution < 1.29 is 26.7 Å². The highest BCUT2D eigenvalue weighted by molar-refractivity contribution is 7.80. The maximum atomic E-state index is 13.3. The van der Waals surface area contributed by atoms with Crippen molar-refractivity contribution in [2.75, 3.05) is 25.6 Å². The first-order valence-corrected chi connectivity index (χ1v) is 5.36. The van der Waals surface area contributed by atoms with Gasteiger partial charge in [-0.1, -0.05) is 0 Å². The monoisotopic (exact) mass is 300 g/mol. The SMILES string of the molecule is COCCNC(=S)Nc1c(F)c(F)c(F)c(F)c1F. The molecule has 0 fully saturated rings. The van der Waals surface area contributed by atoms with Gasteiger partial charge < -0.3 is 15.4 Å². The number of hydrogen-bond donors (Lipinski definition) is 2. The second-order valence-corrected chi connectivity index (χ2v) is 3.73. The van der Waals surface area contributed by atoms with E-state index >= 15 is 0 Å². The van der Waals surface area contributed by atoms with Crippen molar-refractivity contribution in [3.05, 3.63) is 29.1 Å². The first kappa shape index (κ1) is 15.6. The number of benzene rings is 1. The fraction of sp³-hybridized carbons (Fsp3) is 0.300. The molecule has 0 amide bonds. The average Bonchev–Trinajstić information content (AvgIpc) is 2.39. The molecule has 0 heterocycles. The second-order valence-electron chi connectivity index (χ2n) is 3.32. The van der Waals surface area contributed by atoms with E-state index < -0.39 is 34.8 Å². The van der Waals surface area contributed by atoms with Crippen LogP contribution in [0.2, 0.25) is 0 Å². The number of thiocarbonyl (C=S) groups is 1. The number of ether oxygens (including phenoxy) is 1. The quantitative estimate of drug-likeness (QED) is 0.294. The summed E-state index contributed by atoms with van der Waals surface area (Å²) in [5, 5.41) is 4.09. The van der Waals surface area contributed by atoms with E-state index in [1.54, 1.807) is 0 Å². The minimum Gasteiger partial charge on any atom is -0.383 e. The van der Waals surface area contributed by atoms with Crippen LogP contribution in [0.5, 0.6) is 0 Å². The van der Waals surface area contributed by atoms with Crippen molar-refractivity contribution in [3.63, 3.8) is 0 Å². The predicted molar refractivity (Wildman–Crippen MR) is 62.3 cm³/mol. The van der Waals surface area contributed by atoms with Gasteiger partial charge in [0.25, 0.3) is 0 Å². The summed E-state index contributed by atoms with van der Waals surface area (Å²) in [5.74, 6) is -10.3. The maximum absolute atomic E-state index is 13.3. The number of rotatable bonds is 4. The third-order valence-corrected chi connectivity index (χ3v) is 2.29. The number of hydrogen-bond acceptors (Lipinski definition) is 2. The summed E-state index contributed by atoms with van der Waals surface area (Å²) in [6.07, 6.45) is 0. The lowest BCUT2D eigenvalue weighted by Gasteiger charge is -2.12. The standard InChI is InChI=1S/C10H9F5N2OS/c1-18-3-2-16-10(19)17-9-7(14)5(12)4(11)6(13)8(9)15/h2-3H2,1H3,(H2,16,17,19). The van der Waals surface area contributed by atoms with Crippen LogP contribution in [0.4, 0.5) is 27.6 Å². The third kappa shape index (κ3) is 3.51. The highest BCUT2D eigenvalue weighted by Gasteiger charge is 2.26. The smallest absolute Gasteiger partial charge is 0.200 e. The molecule has 0 atom stereocenters. The van der Waals surface area contributed by atoms with Crippen LogP contribution in [-0.4, -0.2) is 25.4 Å². The predicted octanol–water partition coefficient (Wildman–Crippen LogP) is 2.31. The van der Waals surface area contributed by atoms with Crippen LogP contribution in [0.3, 0.4) is 0 Å². The minimum atomic E-state index is -2.22. The zero-order valence-electron chi connectivity index (χ0n) is 9.62. The van der Waals surface area contributed by atoms with Gasteiger partial charge in [0, 0.05) is 13.7 Å². The molecular formula is C10H9F5N2OS. The summed E-state index contributed by atoms with van der Waals surface area (Å²) in [6.45, 7) is 0.455. The molecule has 1 aromatic carbocycles. The Hall–Kier alpha value is -1.48. The van der Waals surface area contributed by atoms with Crippen molar-refractivity contribution in [2.45, 2.75) is 0 Å². The Bertz CT molecular complexity index is 468. The van der Waals surface area contributed by atoms with Gasteiger partial charge in [0.15, 0.2) is 28.4 Å². The molecule has 3 nitrogen and oxygen atoms in total. The summed E-state index contributed by atoms with van der Waals surface area (Å²) in [5.41, 5.74) is -1.20. The summed E-state index contributed by atoms with van der Waals surface area (Å²) in [6, 6.07) is 0. The molecule has 0 radical (unpaired) electrons. The van der Waals surface area contributed by atoms with Gasteiger partial charge in [0.05, 0.1) is 6.61 Å². The molecule has 1 rings (SSSR count). The van der Waals surface area contributed by atoms with Crippen molar-refractivity contribution in [1.29, 1.82) is 0 Å². The molecule has 0 unspecified atom stereocenters. The Morgan fingerprint density at radius 2 is 1.47 bits per heavy atom. The van der Waals surface area contributed by atoms with Crippen LogP contribution in [0.25, 0.3) is 0 Å². The summed E-state index contributed by atoms with van der Waals surface area (Å²) >= 11 is 4.64. The summed E-state index contributed by atoms with van der Waals surface area (Å²) in [7, 11) is 1.42. The van der Waals surface area contributed by atoms with E-state index in [1.807, 2.05) is 5.32 Å². The second kappa shape index (κ2) is 6.62. The van der Waals surface area contributed by atoms with Gasteiger partial charge in [-0.05, 0) is 12.2 Å². The van der Waals surface area contributed by atoms with Crippen LogP contribution in [0.1, 0.15) is 0 Å². The minimum absolute atomic E-state index is 0.206. The van der Waals surface area contributed by atoms with E-state index in [9.17, 15) is 22.0 Å². The van der Waals surface area contributed by atoms with Crippen molar-refractivity contribution in [3.8, 4) is 0 Å². The Labute approximate surface area is 110 Å². The third-order valence-electron chi connectivity index (χ3n) is 2.04. The van der Waals surface area contributed by atoms with Gasteiger partial charge in [-0.25, -0.2) is 22.0 Å². The lowest BCUT2D eigenvalue weighted by molar-refractivity contribution is 0.204. The number of anilines is 1. The van der Waals surface area contributed by atoms with Gasteiger partial charge in [-0.3, -0.25) is 0 Å². The van der Waals surface area contributed by atoms with Crippen LogP contribution in [-0.2, 0) is 4.74 Å². The first-order valence-electron chi connectivity index (χ1n) is 4.95. The maximum Gasteiger partial charge on any atom is 0.200 e. The molecule has 0 spiro atoms. The van der Waals surface area contributed by atoms with E-state index in [4.69, 9.17) is 0 Å². The Kier molecular flexibility index (Phi) is 5.43. The number of methoxy groups -OCH3 is 1. The molecule has 0 saturated carbocycles. The molecule has 0 saturated heterocycles. The average molecular weight is 300 g/mol. The fourth-order valence-electron chi connectivity index (χ4n) is 1.14. The van der Waals surface area contributed by atoms with Crippen molar-refractivity contribution in [2.24, 2.45) is 0 Å². The van der Waals surface area contributed by atoms with Gasteiger partial charge in [-0.15, -0.1) is 0 Å². The van der Waals surface area contributed by atoms with Crippen LogP contribution < -0.4 is 10.6 Å². The van der Waals surface area contributed by atoms with E-state index in [0.29, 0.717) is 0 Å². The molecule has 0 aromatic heterocycles. The van der Waals surface area contributed by atoms with E-state index in [0.717, 1.165) is 0 Å². The van der Waals surface area contributed by atoms with Gasteiger partial charge >= 0.3 is 0 Å². The summed E-state index contributed by atoms with van der Waals surface area (Å²) in [4.78, 5) is 0. The Morgan fingerprint density at radius 1 is 1.00 bits per heavy atom. The van der Waals surface area contributed by atoms with E-state index in [1.165, 1.54) is 7.11 Å². The van der Waals surface area contributed by atoms with Gasteiger partial charge in [0.2, 0.25) is 5.82 Å². The highest BCUT2D eigenvalue weighted by atomic mass is 32.1. The van der Waals surface area contributed by atoms with Crippen LogP contribution in [0, 0.1) is 29.1 Å². The summed E-state index contributed by atoms with van der Waals surface area (Å²) < 4.78 is 69.7. The normalized spacial score (nSPS) is 10.4. The molecule has 1 aromatic rings. The molecule has 0 aliphatic carbocycles. The molecule has 9 heteroatoms. The largest absolute Gasteiger partial charge is 0.383 e. The Balaban J connectivity index is 2.93.